The van der Waals surface area contributed by atoms with Crippen LogP contribution in [0.25, 0.3) is 0 Å². The number of aliphatic hydroxyl groups is 1. The van der Waals surface area contributed by atoms with Crippen molar-refractivity contribution in [3.05, 3.63) is 29.8 Å². The Bertz CT molecular complexity index is 320. The molecular formula is C10H13F2NO. The van der Waals surface area contributed by atoms with Gasteiger partial charge in [0.05, 0.1) is 11.3 Å². The molecule has 0 saturated carbocycles. The molecule has 0 aliphatic rings. The topological polar surface area (TPSA) is 32.3 Å². The van der Waals surface area contributed by atoms with Crippen molar-refractivity contribution in [3.8, 4) is 0 Å². The van der Waals surface area contributed by atoms with E-state index in [1.54, 1.807) is 13.8 Å². The molecule has 1 rings (SSSR count). The monoisotopic (exact) mass is 201 g/mol. The SMILES string of the molecule is CC(C)(O)CNc1cc(F)ccc1F. The van der Waals surface area contributed by atoms with E-state index in [1.165, 1.54) is 0 Å². The minimum Gasteiger partial charge on any atom is -0.389 e. The minimum absolute atomic E-state index is 0.0622. The van der Waals surface area contributed by atoms with Gasteiger partial charge in [0, 0.05) is 6.54 Å². The molecule has 0 heterocycles. The predicted molar refractivity (Wildman–Crippen MR) is 51.1 cm³/mol. The molecule has 0 amide bonds. The maximum Gasteiger partial charge on any atom is 0.146 e. The number of rotatable bonds is 3. The summed E-state index contributed by atoms with van der Waals surface area (Å²) in [4.78, 5) is 0. The van der Waals surface area contributed by atoms with Crippen LogP contribution >= 0.6 is 0 Å². The fourth-order valence-corrected chi connectivity index (χ4v) is 0.944. The Morgan fingerprint density at radius 1 is 1.36 bits per heavy atom. The molecular weight excluding hydrogens is 188 g/mol. The minimum atomic E-state index is -0.960. The van der Waals surface area contributed by atoms with Crippen LogP contribution in [-0.2, 0) is 0 Å². The summed E-state index contributed by atoms with van der Waals surface area (Å²) in [7, 11) is 0. The maximum absolute atomic E-state index is 13.0. The molecule has 0 bridgehead atoms. The lowest BCUT2D eigenvalue weighted by molar-refractivity contribution is 0.0944. The molecule has 2 N–H and O–H groups in total. The van der Waals surface area contributed by atoms with Crippen LogP contribution in [0, 0.1) is 11.6 Å². The average molecular weight is 201 g/mol. The van der Waals surface area contributed by atoms with Crippen molar-refractivity contribution in [1.29, 1.82) is 0 Å². The van der Waals surface area contributed by atoms with Crippen molar-refractivity contribution in [2.75, 3.05) is 11.9 Å². The van der Waals surface area contributed by atoms with E-state index in [1.807, 2.05) is 0 Å². The van der Waals surface area contributed by atoms with Crippen LogP contribution in [0.1, 0.15) is 13.8 Å². The van der Waals surface area contributed by atoms with Gasteiger partial charge in [-0.3, -0.25) is 0 Å². The van der Waals surface area contributed by atoms with Gasteiger partial charge >= 0.3 is 0 Å². The molecule has 0 atom stereocenters. The summed E-state index contributed by atoms with van der Waals surface area (Å²) < 4.78 is 25.7. The van der Waals surface area contributed by atoms with Crippen molar-refractivity contribution in [3.63, 3.8) is 0 Å². The second-order valence-corrected chi connectivity index (χ2v) is 3.79. The number of halogens is 2. The third-order valence-electron chi connectivity index (χ3n) is 1.64. The Hall–Kier alpha value is -1.16. The summed E-state index contributed by atoms with van der Waals surface area (Å²) in [6.07, 6.45) is 0. The van der Waals surface area contributed by atoms with E-state index in [4.69, 9.17) is 0 Å². The van der Waals surface area contributed by atoms with Gasteiger partial charge in [-0.05, 0) is 32.0 Å². The second kappa shape index (κ2) is 3.92. The molecule has 0 aliphatic heterocycles. The van der Waals surface area contributed by atoms with Gasteiger partial charge in [-0.2, -0.15) is 0 Å². The van der Waals surface area contributed by atoms with Crippen LogP contribution in [0.4, 0.5) is 14.5 Å². The van der Waals surface area contributed by atoms with Crippen molar-refractivity contribution in [2.24, 2.45) is 0 Å². The molecule has 0 radical (unpaired) electrons. The Morgan fingerprint density at radius 3 is 2.57 bits per heavy atom. The largest absolute Gasteiger partial charge is 0.389 e. The average Bonchev–Trinajstić information content (AvgIpc) is 2.05. The number of nitrogens with one attached hydrogen (secondary N) is 1. The third-order valence-corrected chi connectivity index (χ3v) is 1.64. The Labute approximate surface area is 81.6 Å². The van der Waals surface area contributed by atoms with E-state index < -0.39 is 17.2 Å². The molecule has 78 valence electrons. The number of hydrogen-bond acceptors (Lipinski definition) is 2. The summed E-state index contributed by atoms with van der Waals surface area (Å²) in [5, 5.41) is 12.0. The number of hydrogen-bond donors (Lipinski definition) is 2. The zero-order chi connectivity index (χ0) is 10.8. The molecule has 0 spiro atoms. The van der Waals surface area contributed by atoms with E-state index >= 15 is 0 Å². The molecule has 0 aliphatic carbocycles. The second-order valence-electron chi connectivity index (χ2n) is 3.79. The molecule has 2 nitrogen and oxygen atoms in total. The highest BCUT2D eigenvalue weighted by molar-refractivity contribution is 5.45. The van der Waals surface area contributed by atoms with E-state index in [-0.39, 0.29) is 12.2 Å². The van der Waals surface area contributed by atoms with Crippen molar-refractivity contribution < 1.29 is 13.9 Å². The van der Waals surface area contributed by atoms with E-state index in [0.29, 0.717) is 0 Å². The van der Waals surface area contributed by atoms with Gasteiger partial charge in [0.1, 0.15) is 11.6 Å². The zero-order valence-electron chi connectivity index (χ0n) is 8.14. The van der Waals surface area contributed by atoms with Crippen molar-refractivity contribution in [2.45, 2.75) is 19.4 Å². The summed E-state index contributed by atoms with van der Waals surface area (Å²) in [5.74, 6) is -1.04. The van der Waals surface area contributed by atoms with Crippen molar-refractivity contribution in [1.82, 2.24) is 0 Å². The first-order chi connectivity index (χ1) is 6.38. The van der Waals surface area contributed by atoms with Crippen molar-refractivity contribution >= 4 is 5.69 Å². The van der Waals surface area contributed by atoms with Gasteiger partial charge in [-0.1, -0.05) is 0 Å². The molecule has 1 aromatic rings. The van der Waals surface area contributed by atoms with Crippen LogP contribution < -0.4 is 5.32 Å². The smallest absolute Gasteiger partial charge is 0.146 e. The first-order valence-corrected chi connectivity index (χ1v) is 4.30. The third kappa shape index (κ3) is 3.30. The highest BCUT2D eigenvalue weighted by Gasteiger charge is 2.13. The normalized spacial score (nSPS) is 11.5. The molecule has 14 heavy (non-hydrogen) atoms. The lowest BCUT2D eigenvalue weighted by Crippen LogP contribution is -2.29. The maximum atomic E-state index is 13.0. The lowest BCUT2D eigenvalue weighted by atomic mass is 10.1. The standard InChI is InChI=1S/C10H13F2NO/c1-10(2,14)6-13-9-5-7(11)3-4-8(9)12/h3-5,13-14H,6H2,1-2H3. The Kier molecular flexibility index (Phi) is 3.06. The fraction of sp³-hybridized carbons (Fsp3) is 0.400. The highest BCUT2D eigenvalue weighted by Crippen LogP contribution is 2.16. The number of benzene rings is 1. The molecule has 0 unspecified atom stereocenters. The fourth-order valence-electron chi connectivity index (χ4n) is 0.944. The highest BCUT2D eigenvalue weighted by atomic mass is 19.1. The molecule has 1 aromatic carbocycles. The first-order valence-electron chi connectivity index (χ1n) is 4.30. The summed E-state index contributed by atoms with van der Waals surface area (Å²) in [5.41, 5.74) is -0.897. The van der Waals surface area contributed by atoms with E-state index in [9.17, 15) is 13.9 Å². The van der Waals surface area contributed by atoms with Gasteiger partial charge in [-0.15, -0.1) is 0 Å². The van der Waals surface area contributed by atoms with Gasteiger partial charge in [-0.25, -0.2) is 8.78 Å². The summed E-state index contributed by atoms with van der Waals surface area (Å²) in [6, 6.07) is 3.15. The van der Waals surface area contributed by atoms with Gasteiger partial charge in [0.2, 0.25) is 0 Å². The zero-order valence-corrected chi connectivity index (χ0v) is 8.14. The first kappa shape index (κ1) is 10.9. The van der Waals surface area contributed by atoms with Crippen LogP contribution in [0.2, 0.25) is 0 Å². The van der Waals surface area contributed by atoms with E-state index in [2.05, 4.69) is 5.32 Å². The van der Waals surface area contributed by atoms with Crippen LogP contribution in [0.5, 0.6) is 0 Å². The number of anilines is 1. The lowest BCUT2D eigenvalue weighted by Gasteiger charge is -2.18. The van der Waals surface area contributed by atoms with E-state index in [0.717, 1.165) is 18.2 Å². The summed E-state index contributed by atoms with van der Waals surface area (Å²) in [6.45, 7) is 3.32. The van der Waals surface area contributed by atoms with Gasteiger partial charge in [0.25, 0.3) is 0 Å². The van der Waals surface area contributed by atoms with Crippen LogP contribution in [0.15, 0.2) is 18.2 Å². The van der Waals surface area contributed by atoms with Gasteiger partial charge < -0.3 is 10.4 Å². The quantitative estimate of drug-likeness (QED) is 0.785. The molecule has 0 fully saturated rings. The Balaban J connectivity index is 2.72. The Morgan fingerprint density at radius 2 is 2.00 bits per heavy atom. The summed E-state index contributed by atoms with van der Waals surface area (Å²) >= 11 is 0. The molecule has 4 heteroatoms. The van der Waals surface area contributed by atoms with Crippen LogP contribution in [0.3, 0.4) is 0 Å². The molecule has 0 saturated heterocycles. The van der Waals surface area contributed by atoms with Crippen LogP contribution in [-0.4, -0.2) is 17.3 Å². The van der Waals surface area contributed by atoms with Gasteiger partial charge in [0.15, 0.2) is 0 Å². The predicted octanol–water partition coefficient (Wildman–Crippen LogP) is 2.15. The molecule has 0 aromatic heterocycles.